The van der Waals surface area contributed by atoms with Crippen molar-refractivity contribution in [3.8, 4) is 0 Å². The molecular weight excluding hydrogens is 308 g/mol. The van der Waals surface area contributed by atoms with Gasteiger partial charge in [0.25, 0.3) is 5.56 Å². The van der Waals surface area contributed by atoms with Crippen LogP contribution in [0.5, 0.6) is 0 Å². The van der Waals surface area contributed by atoms with Gasteiger partial charge in [-0.3, -0.25) is 23.9 Å². The van der Waals surface area contributed by atoms with Crippen LogP contribution in [0.15, 0.2) is 15.8 Å². The molecule has 1 aliphatic rings. The van der Waals surface area contributed by atoms with E-state index in [2.05, 4.69) is 4.98 Å². The van der Waals surface area contributed by atoms with E-state index < -0.39 is 41.6 Å². The van der Waals surface area contributed by atoms with Gasteiger partial charge in [0.1, 0.15) is 12.7 Å². The molecule has 2 heterocycles. The Kier molecular flexibility index (Phi) is 4.99. The lowest BCUT2D eigenvalue weighted by Crippen LogP contribution is -2.37. The van der Waals surface area contributed by atoms with Crippen LogP contribution in [0.4, 0.5) is 0 Å². The van der Waals surface area contributed by atoms with E-state index in [1.54, 1.807) is 6.92 Å². The second-order valence-electron chi connectivity index (χ2n) is 5.31. The summed E-state index contributed by atoms with van der Waals surface area (Å²) in [6.45, 7) is 4.05. The van der Waals surface area contributed by atoms with Gasteiger partial charge in [0, 0.05) is 32.0 Å². The fourth-order valence-corrected chi connectivity index (χ4v) is 2.37. The topological polar surface area (TPSA) is 117 Å². The summed E-state index contributed by atoms with van der Waals surface area (Å²) in [6.07, 6.45) is -0.537. The zero-order valence-corrected chi connectivity index (χ0v) is 13.0. The van der Waals surface area contributed by atoms with E-state index in [-0.39, 0.29) is 13.0 Å². The minimum atomic E-state index is -0.900. The summed E-state index contributed by atoms with van der Waals surface area (Å²) >= 11 is 0. The Bertz CT molecular complexity index is 721. The molecule has 2 rings (SSSR count). The first-order valence-electron chi connectivity index (χ1n) is 7.06. The fourth-order valence-electron chi connectivity index (χ4n) is 2.37. The highest BCUT2D eigenvalue weighted by atomic mass is 16.6. The number of nitrogens with one attached hydrogen (secondary N) is 1. The van der Waals surface area contributed by atoms with Gasteiger partial charge in [-0.25, -0.2) is 4.79 Å². The van der Waals surface area contributed by atoms with E-state index in [0.29, 0.717) is 5.56 Å². The van der Waals surface area contributed by atoms with Crippen molar-refractivity contribution in [3.05, 3.63) is 32.6 Å². The number of ether oxygens (including phenoxy) is 3. The van der Waals surface area contributed by atoms with Crippen molar-refractivity contribution >= 4 is 11.9 Å². The van der Waals surface area contributed by atoms with Gasteiger partial charge in [0.2, 0.25) is 0 Å². The maximum absolute atomic E-state index is 12.0. The molecule has 0 aliphatic carbocycles. The van der Waals surface area contributed by atoms with Crippen LogP contribution in [0, 0.1) is 6.92 Å². The molecule has 0 spiro atoms. The Balaban J connectivity index is 2.27. The summed E-state index contributed by atoms with van der Waals surface area (Å²) in [5.74, 6) is -0.982. The second-order valence-corrected chi connectivity index (χ2v) is 5.31. The Morgan fingerprint density at radius 3 is 2.65 bits per heavy atom. The van der Waals surface area contributed by atoms with Crippen LogP contribution >= 0.6 is 0 Å². The fraction of sp³-hybridized carbons (Fsp3) is 0.571. The molecule has 0 saturated carbocycles. The standard InChI is InChI=1S/C14H18N2O7/c1-7-5-16(14(20)15-12(7)19)13-11(22-9(3)18)4-10(23-13)6-21-8(2)17/h5,10-11,13H,4,6H2,1-3H3,(H,15,19,20)/t10-,11-,13-/m1/s1. The van der Waals surface area contributed by atoms with Gasteiger partial charge < -0.3 is 14.2 Å². The maximum Gasteiger partial charge on any atom is 0.330 e. The van der Waals surface area contributed by atoms with Gasteiger partial charge >= 0.3 is 17.6 Å². The van der Waals surface area contributed by atoms with E-state index in [4.69, 9.17) is 14.2 Å². The van der Waals surface area contributed by atoms with Crippen LogP contribution in [-0.2, 0) is 23.8 Å². The molecule has 1 fully saturated rings. The second kappa shape index (κ2) is 6.78. The van der Waals surface area contributed by atoms with Crippen molar-refractivity contribution in [1.29, 1.82) is 0 Å². The summed E-state index contributed by atoms with van der Waals surface area (Å²) < 4.78 is 16.9. The van der Waals surface area contributed by atoms with Crippen molar-refractivity contribution in [1.82, 2.24) is 9.55 Å². The lowest BCUT2D eigenvalue weighted by molar-refractivity contribution is -0.153. The molecule has 1 aromatic rings. The first-order chi connectivity index (χ1) is 10.8. The first kappa shape index (κ1) is 16.9. The molecule has 1 saturated heterocycles. The minimum absolute atomic E-state index is 0.0132. The molecule has 1 aliphatic heterocycles. The van der Waals surface area contributed by atoms with Crippen molar-refractivity contribution in [3.63, 3.8) is 0 Å². The zero-order chi connectivity index (χ0) is 17.1. The monoisotopic (exact) mass is 326 g/mol. The largest absolute Gasteiger partial charge is 0.463 e. The van der Waals surface area contributed by atoms with E-state index in [1.807, 2.05) is 0 Å². The molecular formula is C14H18N2O7. The average Bonchev–Trinajstić information content (AvgIpc) is 2.82. The number of esters is 2. The molecule has 1 aromatic heterocycles. The van der Waals surface area contributed by atoms with Crippen LogP contribution in [0.3, 0.4) is 0 Å². The molecule has 1 N–H and O–H groups in total. The molecule has 0 aromatic carbocycles. The average molecular weight is 326 g/mol. The van der Waals surface area contributed by atoms with Gasteiger partial charge in [-0.2, -0.15) is 0 Å². The third kappa shape index (κ3) is 4.07. The van der Waals surface area contributed by atoms with Crippen molar-refractivity contribution in [2.75, 3.05) is 6.61 Å². The molecule has 0 amide bonds. The van der Waals surface area contributed by atoms with Gasteiger partial charge in [-0.15, -0.1) is 0 Å². The van der Waals surface area contributed by atoms with E-state index in [0.717, 1.165) is 4.57 Å². The van der Waals surface area contributed by atoms with Crippen LogP contribution in [0.2, 0.25) is 0 Å². The van der Waals surface area contributed by atoms with Crippen molar-refractivity contribution in [2.24, 2.45) is 0 Å². The smallest absolute Gasteiger partial charge is 0.330 e. The number of aryl methyl sites for hydroxylation is 1. The molecule has 3 atom stereocenters. The number of carbonyl (C=O) groups excluding carboxylic acids is 2. The van der Waals surface area contributed by atoms with Crippen LogP contribution in [0.1, 0.15) is 32.1 Å². The van der Waals surface area contributed by atoms with Gasteiger partial charge in [0.15, 0.2) is 6.23 Å². The number of carbonyl (C=O) groups is 2. The number of hydrogen-bond acceptors (Lipinski definition) is 7. The lowest BCUT2D eigenvalue weighted by Gasteiger charge is -2.20. The van der Waals surface area contributed by atoms with E-state index in [1.165, 1.54) is 20.0 Å². The molecule has 0 unspecified atom stereocenters. The highest BCUT2D eigenvalue weighted by molar-refractivity contribution is 5.66. The number of H-pyrrole nitrogens is 1. The summed E-state index contributed by atoms with van der Waals surface area (Å²) in [7, 11) is 0. The van der Waals surface area contributed by atoms with Crippen LogP contribution < -0.4 is 11.2 Å². The van der Waals surface area contributed by atoms with Crippen molar-refractivity contribution in [2.45, 2.75) is 45.6 Å². The summed E-state index contributed by atoms with van der Waals surface area (Å²) in [5, 5.41) is 0. The highest BCUT2D eigenvalue weighted by Gasteiger charge is 2.40. The molecule has 0 radical (unpaired) electrons. The Morgan fingerprint density at radius 1 is 1.35 bits per heavy atom. The predicted octanol–water partition coefficient (Wildman–Crippen LogP) is -0.373. The zero-order valence-electron chi connectivity index (χ0n) is 13.0. The Labute approximate surface area is 131 Å². The molecule has 9 heteroatoms. The van der Waals surface area contributed by atoms with Crippen LogP contribution in [-0.4, -0.2) is 40.3 Å². The number of rotatable bonds is 4. The van der Waals surface area contributed by atoms with Gasteiger partial charge in [0.05, 0.1) is 6.10 Å². The maximum atomic E-state index is 12.0. The quantitative estimate of drug-likeness (QED) is 0.750. The highest BCUT2D eigenvalue weighted by Crippen LogP contribution is 2.30. The first-order valence-corrected chi connectivity index (χ1v) is 7.06. The number of aromatic nitrogens is 2. The molecule has 9 nitrogen and oxygen atoms in total. The normalized spacial score (nSPS) is 23.5. The molecule has 0 bridgehead atoms. The van der Waals surface area contributed by atoms with Gasteiger partial charge in [-0.05, 0) is 6.92 Å². The summed E-state index contributed by atoms with van der Waals surface area (Å²) in [4.78, 5) is 47.7. The summed E-state index contributed by atoms with van der Waals surface area (Å²) in [6, 6.07) is 0. The Morgan fingerprint density at radius 2 is 2.04 bits per heavy atom. The van der Waals surface area contributed by atoms with Gasteiger partial charge in [-0.1, -0.05) is 0 Å². The van der Waals surface area contributed by atoms with E-state index in [9.17, 15) is 19.2 Å². The molecule has 126 valence electrons. The third-order valence-electron chi connectivity index (χ3n) is 3.35. The van der Waals surface area contributed by atoms with E-state index >= 15 is 0 Å². The predicted molar refractivity (Wildman–Crippen MR) is 76.8 cm³/mol. The number of aromatic amines is 1. The Hall–Kier alpha value is -2.42. The lowest BCUT2D eigenvalue weighted by atomic mass is 10.2. The SMILES string of the molecule is CC(=O)OC[C@H]1C[C@@H](OC(C)=O)[C@H](n2cc(C)c(=O)[nH]c2=O)O1. The van der Waals surface area contributed by atoms with Crippen LogP contribution in [0.25, 0.3) is 0 Å². The summed E-state index contributed by atoms with van der Waals surface area (Å²) in [5.41, 5.74) is -0.848. The van der Waals surface area contributed by atoms with Crippen molar-refractivity contribution < 1.29 is 23.8 Å². The number of nitrogens with zero attached hydrogens (tertiary/aromatic N) is 1. The number of hydrogen-bond donors (Lipinski definition) is 1. The third-order valence-corrected chi connectivity index (χ3v) is 3.35. The molecule has 23 heavy (non-hydrogen) atoms. The minimum Gasteiger partial charge on any atom is -0.463 e.